The van der Waals surface area contributed by atoms with Crippen LogP contribution in [0.3, 0.4) is 0 Å². The molecular weight excluding hydrogens is 476 g/mol. The van der Waals surface area contributed by atoms with Crippen LogP contribution in [-0.4, -0.2) is 41.2 Å². The molecule has 2 aromatic carbocycles. The molecule has 1 heterocycles. The smallest absolute Gasteiger partial charge is 0.279 e. The second-order valence-electron chi connectivity index (χ2n) is 7.43. The van der Waals surface area contributed by atoms with Crippen LogP contribution >= 0.6 is 11.3 Å². The summed E-state index contributed by atoms with van der Waals surface area (Å²) in [5.74, 6) is 1.93. The van der Waals surface area contributed by atoms with Gasteiger partial charge >= 0.3 is 0 Å². The van der Waals surface area contributed by atoms with E-state index in [2.05, 4.69) is 10.9 Å². The van der Waals surface area contributed by atoms with Gasteiger partial charge in [-0.05, 0) is 43.2 Å². The number of thiazole rings is 1. The summed E-state index contributed by atoms with van der Waals surface area (Å²) in [6.07, 6.45) is 6.86. The first-order valence-corrected chi connectivity index (χ1v) is 12.9. The molecule has 0 bridgehead atoms. The van der Waals surface area contributed by atoms with E-state index in [1.54, 1.807) is 10.6 Å². The maximum atomic E-state index is 12.9. The van der Waals surface area contributed by atoms with E-state index >= 15 is 0 Å². The summed E-state index contributed by atoms with van der Waals surface area (Å²) in [5.41, 5.74) is 0.775. The number of nitro benzene ring substituents is 1. The molecule has 0 aliphatic carbocycles. The molecular formula is C23H24N4O5S2. The highest BCUT2D eigenvalue weighted by atomic mass is 32.2. The zero-order chi connectivity index (χ0) is 24.9. The lowest BCUT2D eigenvalue weighted by Gasteiger charge is -2.21. The second-order valence-corrected chi connectivity index (χ2v) is 10.4. The number of aromatic nitrogens is 1. The maximum absolute atomic E-state index is 12.9. The van der Waals surface area contributed by atoms with Crippen molar-refractivity contribution in [2.24, 2.45) is 4.99 Å². The highest BCUT2D eigenvalue weighted by molar-refractivity contribution is 7.89. The Morgan fingerprint density at radius 3 is 2.38 bits per heavy atom. The summed E-state index contributed by atoms with van der Waals surface area (Å²) in [5, 5.41) is 11.1. The van der Waals surface area contributed by atoms with Crippen LogP contribution < -0.4 is 4.80 Å². The number of hydrogen-bond acceptors (Lipinski definition) is 6. The standard InChI is InChI=1S/C23H24N4O5S2/c1-4-13-25(14-5-2)34(31,32)19-10-7-17(8-11-19)22(28)24-23-26(15-6-3)20-12-9-18(27(29)30)16-21(20)33-23/h3,7-12,16H,4-5,13-15H2,1-2H3. The van der Waals surface area contributed by atoms with Crippen LogP contribution in [0.4, 0.5) is 5.69 Å². The molecule has 9 nitrogen and oxygen atoms in total. The van der Waals surface area contributed by atoms with Gasteiger partial charge in [-0.2, -0.15) is 9.30 Å². The van der Waals surface area contributed by atoms with E-state index in [0.29, 0.717) is 40.9 Å². The number of hydrogen-bond donors (Lipinski definition) is 0. The SMILES string of the molecule is C#CCn1c(=NC(=O)c2ccc(S(=O)(=O)N(CCC)CCC)cc2)sc2cc([N+](=O)[O-])ccc21. The van der Waals surface area contributed by atoms with Crippen LogP contribution in [0.15, 0.2) is 52.4 Å². The van der Waals surface area contributed by atoms with Crippen molar-refractivity contribution in [2.45, 2.75) is 38.1 Å². The lowest BCUT2D eigenvalue weighted by Crippen LogP contribution is -2.32. The molecule has 0 fully saturated rings. The number of non-ortho nitro benzene ring substituents is 1. The molecule has 0 N–H and O–H groups in total. The molecule has 0 saturated carbocycles. The molecule has 11 heteroatoms. The average Bonchev–Trinajstić information content (AvgIpc) is 3.15. The predicted molar refractivity (Wildman–Crippen MR) is 131 cm³/mol. The van der Waals surface area contributed by atoms with E-state index in [4.69, 9.17) is 6.42 Å². The molecule has 178 valence electrons. The summed E-state index contributed by atoms with van der Waals surface area (Å²) >= 11 is 1.11. The van der Waals surface area contributed by atoms with Crippen LogP contribution in [0.25, 0.3) is 10.2 Å². The molecule has 0 aliphatic rings. The molecule has 0 saturated heterocycles. The Kier molecular flexibility index (Phi) is 7.98. The zero-order valence-corrected chi connectivity index (χ0v) is 20.4. The summed E-state index contributed by atoms with van der Waals surface area (Å²) in [7, 11) is -3.66. The van der Waals surface area contributed by atoms with E-state index in [-0.39, 0.29) is 22.7 Å². The first-order chi connectivity index (χ1) is 16.2. The number of rotatable bonds is 9. The van der Waals surface area contributed by atoms with E-state index < -0.39 is 20.9 Å². The van der Waals surface area contributed by atoms with Gasteiger partial charge < -0.3 is 4.57 Å². The van der Waals surface area contributed by atoms with Crippen LogP contribution in [0.1, 0.15) is 37.0 Å². The normalized spacial score (nSPS) is 12.2. The quantitative estimate of drug-likeness (QED) is 0.252. The van der Waals surface area contributed by atoms with E-state index in [1.165, 1.54) is 40.7 Å². The third-order valence-electron chi connectivity index (χ3n) is 5.01. The fraction of sp³-hybridized carbons (Fsp3) is 0.304. The topological polar surface area (TPSA) is 115 Å². The van der Waals surface area contributed by atoms with E-state index in [0.717, 1.165) is 11.3 Å². The van der Waals surface area contributed by atoms with Gasteiger partial charge in [0.25, 0.3) is 11.6 Å². The Morgan fingerprint density at radius 2 is 1.82 bits per heavy atom. The van der Waals surface area contributed by atoms with Gasteiger partial charge in [0, 0.05) is 30.8 Å². The Bertz CT molecular complexity index is 1420. The van der Waals surface area contributed by atoms with Crippen LogP contribution in [-0.2, 0) is 16.6 Å². The number of benzene rings is 2. The zero-order valence-electron chi connectivity index (χ0n) is 18.8. The van der Waals surface area contributed by atoms with Gasteiger partial charge in [-0.15, -0.1) is 6.42 Å². The summed E-state index contributed by atoms with van der Waals surface area (Å²) < 4.78 is 29.5. The van der Waals surface area contributed by atoms with Gasteiger partial charge in [0.05, 0.1) is 26.6 Å². The first-order valence-electron chi connectivity index (χ1n) is 10.6. The number of carbonyl (C=O) groups excluding carboxylic acids is 1. The first kappa shape index (κ1) is 25.3. The number of terminal acetylenes is 1. The van der Waals surface area contributed by atoms with Gasteiger partial charge in [-0.25, -0.2) is 8.42 Å². The molecule has 3 rings (SSSR count). The van der Waals surface area contributed by atoms with E-state index in [9.17, 15) is 23.3 Å². The van der Waals surface area contributed by atoms with Gasteiger partial charge in [0.2, 0.25) is 10.0 Å². The Morgan fingerprint density at radius 1 is 1.18 bits per heavy atom. The Hall–Kier alpha value is -3.33. The second kappa shape index (κ2) is 10.7. The molecule has 1 aromatic heterocycles. The van der Waals surface area contributed by atoms with Crippen molar-refractivity contribution in [1.82, 2.24) is 8.87 Å². The van der Waals surface area contributed by atoms with Crippen molar-refractivity contribution in [3.63, 3.8) is 0 Å². The van der Waals surface area contributed by atoms with E-state index in [1.807, 2.05) is 13.8 Å². The fourth-order valence-electron chi connectivity index (χ4n) is 3.43. The van der Waals surface area contributed by atoms with Crippen LogP contribution in [0.5, 0.6) is 0 Å². The van der Waals surface area contributed by atoms with Crippen molar-refractivity contribution in [1.29, 1.82) is 0 Å². The minimum atomic E-state index is -3.66. The lowest BCUT2D eigenvalue weighted by atomic mass is 10.2. The number of carbonyl (C=O) groups is 1. The average molecular weight is 501 g/mol. The molecule has 0 unspecified atom stereocenters. The highest BCUT2D eigenvalue weighted by Gasteiger charge is 2.23. The predicted octanol–water partition coefficient (Wildman–Crippen LogP) is 3.80. The van der Waals surface area contributed by atoms with Gasteiger partial charge in [-0.1, -0.05) is 31.1 Å². The molecule has 0 spiro atoms. The number of fused-ring (bicyclic) bond motifs is 1. The van der Waals surface area contributed by atoms with Crippen molar-refractivity contribution >= 4 is 43.2 Å². The molecule has 0 atom stereocenters. The van der Waals surface area contributed by atoms with Gasteiger partial charge in [-0.3, -0.25) is 14.9 Å². The third kappa shape index (κ3) is 5.25. The maximum Gasteiger partial charge on any atom is 0.279 e. The molecule has 0 aliphatic heterocycles. The summed E-state index contributed by atoms with van der Waals surface area (Å²) in [6.45, 7) is 4.81. The highest BCUT2D eigenvalue weighted by Crippen LogP contribution is 2.23. The van der Waals surface area contributed by atoms with Gasteiger partial charge in [0.1, 0.15) is 0 Å². The lowest BCUT2D eigenvalue weighted by molar-refractivity contribution is -0.384. The van der Waals surface area contributed by atoms with Crippen molar-refractivity contribution in [3.8, 4) is 12.3 Å². The van der Waals surface area contributed by atoms with Crippen molar-refractivity contribution in [3.05, 3.63) is 62.9 Å². The largest absolute Gasteiger partial charge is 0.305 e. The molecule has 1 amide bonds. The number of amides is 1. The van der Waals surface area contributed by atoms with Crippen LogP contribution in [0.2, 0.25) is 0 Å². The fourth-order valence-corrected chi connectivity index (χ4v) is 6.11. The molecule has 0 radical (unpaired) electrons. The minimum Gasteiger partial charge on any atom is -0.305 e. The molecule has 3 aromatic rings. The minimum absolute atomic E-state index is 0.0727. The number of nitro groups is 1. The monoisotopic (exact) mass is 500 g/mol. The Labute approximate surface area is 201 Å². The summed E-state index contributed by atoms with van der Waals surface area (Å²) in [6, 6.07) is 10.0. The Balaban J connectivity index is 1.98. The number of sulfonamides is 1. The van der Waals surface area contributed by atoms with Crippen molar-refractivity contribution in [2.75, 3.05) is 13.1 Å². The summed E-state index contributed by atoms with van der Waals surface area (Å²) in [4.78, 5) is 28.0. The van der Waals surface area contributed by atoms with Gasteiger partial charge in [0.15, 0.2) is 4.80 Å². The van der Waals surface area contributed by atoms with Crippen molar-refractivity contribution < 1.29 is 18.1 Å². The van der Waals surface area contributed by atoms with Crippen LogP contribution in [0, 0.1) is 22.5 Å². The third-order valence-corrected chi connectivity index (χ3v) is 7.96. The number of nitrogens with zero attached hydrogens (tertiary/aromatic N) is 4. The molecule has 34 heavy (non-hydrogen) atoms.